The molecule has 0 aliphatic rings. The van der Waals surface area contributed by atoms with Gasteiger partial charge in [-0.25, -0.2) is 0 Å². The van der Waals surface area contributed by atoms with E-state index in [9.17, 15) is 9.59 Å². The van der Waals surface area contributed by atoms with Crippen LogP contribution in [0.5, 0.6) is 0 Å². The summed E-state index contributed by atoms with van der Waals surface area (Å²) in [5.74, 6) is -0.261. The minimum atomic E-state index is -0.657. The molecule has 4 aromatic rings. The summed E-state index contributed by atoms with van der Waals surface area (Å²) in [5.41, 5.74) is 3.86. The Kier molecular flexibility index (Phi) is 8.38. The number of benzene rings is 3. The van der Waals surface area contributed by atoms with Crippen molar-refractivity contribution < 1.29 is 9.59 Å². The number of carbonyl (C=O) groups excluding carboxylic acids is 2. The van der Waals surface area contributed by atoms with Crippen LogP contribution in [0.2, 0.25) is 0 Å². The fourth-order valence-corrected chi connectivity index (χ4v) is 4.01. The lowest BCUT2D eigenvalue weighted by molar-refractivity contribution is -0.140. The highest BCUT2D eigenvalue weighted by Gasteiger charge is 2.30. The van der Waals surface area contributed by atoms with E-state index in [0.29, 0.717) is 19.5 Å². The number of hydrogen-bond acceptors (Lipinski definition) is 3. The third kappa shape index (κ3) is 7.11. The highest BCUT2D eigenvalue weighted by molar-refractivity contribution is 5.88. The van der Waals surface area contributed by atoms with E-state index in [1.165, 1.54) is 0 Å². The van der Waals surface area contributed by atoms with E-state index >= 15 is 0 Å². The molecule has 0 aliphatic heterocycles. The lowest BCUT2D eigenvalue weighted by Crippen LogP contribution is -2.50. The largest absolute Gasteiger partial charge is 0.350 e. The minimum absolute atomic E-state index is 0.0833. The Labute approximate surface area is 206 Å². The Morgan fingerprint density at radius 3 is 1.83 bits per heavy atom. The van der Waals surface area contributed by atoms with Gasteiger partial charge in [0.25, 0.3) is 0 Å². The van der Waals surface area contributed by atoms with Crippen LogP contribution in [-0.4, -0.2) is 27.7 Å². The standard InChI is InChI=1S/C30H29N3O2/c34-29(21-25-12-6-2-7-13-25)33(23-27-14-8-3-9-15-27)28(20-24-10-4-1-5-11-24)30(35)32-22-26-16-18-31-19-17-26/h1-19,28H,20-23H2,(H,32,35)/t28-/m0/s1. The van der Waals surface area contributed by atoms with Crippen molar-refractivity contribution in [3.05, 3.63) is 138 Å². The second kappa shape index (κ2) is 12.3. The molecule has 0 aliphatic carbocycles. The summed E-state index contributed by atoms with van der Waals surface area (Å²) >= 11 is 0. The summed E-state index contributed by atoms with van der Waals surface area (Å²) < 4.78 is 0. The van der Waals surface area contributed by atoms with Crippen molar-refractivity contribution in [3.8, 4) is 0 Å². The Morgan fingerprint density at radius 2 is 1.23 bits per heavy atom. The number of rotatable bonds is 10. The molecule has 0 saturated heterocycles. The van der Waals surface area contributed by atoms with E-state index in [1.807, 2.05) is 103 Å². The van der Waals surface area contributed by atoms with Crippen molar-refractivity contribution in [1.82, 2.24) is 15.2 Å². The van der Waals surface area contributed by atoms with Crippen LogP contribution in [0.3, 0.4) is 0 Å². The molecule has 5 nitrogen and oxygen atoms in total. The van der Waals surface area contributed by atoms with Crippen LogP contribution in [0.1, 0.15) is 22.3 Å². The summed E-state index contributed by atoms with van der Waals surface area (Å²) in [7, 11) is 0. The van der Waals surface area contributed by atoms with E-state index in [2.05, 4.69) is 10.3 Å². The molecular formula is C30H29N3O2. The van der Waals surface area contributed by atoms with Gasteiger partial charge in [-0.1, -0.05) is 91.0 Å². The van der Waals surface area contributed by atoms with Gasteiger partial charge >= 0.3 is 0 Å². The zero-order valence-corrected chi connectivity index (χ0v) is 19.6. The Hall–Kier alpha value is -4.25. The van der Waals surface area contributed by atoms with Crippen LogP contribution in [0.4, 0.5) is 0 Å². The van der Waals surface area contributed by atoms with Gasteiger partial charge in [0.1, 0.15) is 6.04 Å². The van der Waals surface area contributed by atoms with Crippen molar-refractivity contribution >= 4 is 11.8 Å². The molecule has 3 aromatic carbocycles. The van der Waals surface area contributed by atoms with E-state index in [0.717, 1.165) is 22.3 Å². The van der Waals surface area contributed by atoms with Crippen LogP contribution in [0, 0.1) is 0 Å². The molecule has 0 spiro atoms. The Bertz CT molecular complexity index is 1200. The molecule has 176 valence electrons. The number of hydrogen-bond donors (Lipinski definition) is 1. The van der Waals surface area contributed by atoms with Gasteiger partial charge < -0.3 is 10.2 Å². The number of pyridine rings is 1. The molecular weight excluding hydrogens is 434 g/mol. The van der Waals surface area contributed by atoms with Gasteiger partial charge in [0, 0.05) is 31.9 Å². The fourth-order valence-electron chi connectivity index (χ4n) is 4.01. The van der Waals surface area contributed by atoms with Crippen LogP contribution in [0.25, 0.3) is 0 Å². The van der Waals surface area contributed by atoms with Crippen molar-refractivity contribution in [3.63, 3.8) is 0 Å². The summed E-state index contributed by atoms with van der Waals surface area (Å²) in [5, 5.41) is 3.04. The van der Waals surface area contributed by atoms with Crippen molar-refractivity contribution in [2.75, 3.05) is 0 Å². The Morgan fingerprint density at radius 1 is 0.686 bits per heavy atom. The molecule has 5 heteroatoms. The maximum absolute atomic E-state index is 13.7. The van der Waals surface area contributed by atoms with E-state index in [4.69, 9.17) is 0 Å². The topological polar surface area (TPSA) is 62.3 Å². The first-order valence-corrected chi connectivity index (χ1v) is 11.8. The molecule has 35 heavy (non-hydrogen) atoms. The highest BCUT2D eigenvalue weighted by atomic mass is 16.2. The van der Waals surface area contributed by atoms with Gasteiger partial charge in [-0.05, 0) is 34.4 Å². The van der Waals surface area contributed by atoms with Crippen molar-refractivity contribution in [2.24, 2.45) is 0 Å². The molecule has 1 atom stereocenters. The Balaban J connectivity index is 1.62. The fraction of sp³-hybridized carbons (Fsp3) is 0.167. The first kappa shape index (κ1) is 23.9. The number of aromatic nitrogens is 1. The lowest BCUT2D eigenvalue weighted by atomic mass is 10.0. The lowest BCUT2D eigenvalue weighted by Gasteiger charge is -2.31. The summed E-state index contributed by atoms with van der Waals surface area (Å²) in [6, 6.07) is 32.4. The van der Waals surface area contributed by atoms with Gasteiger partial charge in [0.05, 0.1) is 6.42 Å². The average molecular weight is 464 g/mol. The summed E-state index contributed by atoms with van der Waals surface area (Å²) in [6.07, 6.45) is 4.06. The van der Waals surface area contributed by atoms with Crippen molar-refractivity contribution in [1.29, 1.82) is 0 Å². The predicted octanol–water partition coefficient (Wildman–Crippen LogP) is 4.58. The first-order valence-electron chi connectivity index (χ1n) is 11.8. The molecule has 1 heterocycles. The summed E-state index contributed by atoms with van der Waals surface area (Å²) in [6.45, 7) is 0.728. The minimum Gasteiger partial charge on any atom is -0.350 e. The number of carbonyl (C=O) groups is 2. The van der Waals surface area contributed by atoms with Gasteiger partial charge in [0.15, 0.2) is 0 Å². The van der Waals surface area contributed by atoms with Gasteiger partial charge in [-0.15, -0.1) is 0 Å². The molecule has 0 radical (unpaired) electrons. The van der Waals surface area contributed by atoms with Crippen LogP contribution in [-0.2, 0) is 35.5 Å². The maximum Gasteiger partial charge on any atom is 0.243 e. The van der Waals surface area contributed by atoms with Gasteiger partial charge in [-0.2, -0.15) is 0 Å². The van der Waals surface area contributed by atoms with Crippen LogP contribution in [0.15, 0.2) is 116 Å². The zero-order valence-electron chi connectivity index (χ0n) is 19.6. The number of amides is 2. The molecule has 1 aromatic heterocycles. The molecule has 4 rings (SSSR count). The predicted molar refractivity (Wildman–Crippen MR) is 137 cm³/mol. The van der Waals surface area contributed by atoms with E-state index in [1.54, 1.807) is 17.3 Å². The SMILES string of the molecule is O=C(NCc1ccncc1)[C@H](Cc1ccccc1)N(Cc1ccccc1)C(=O)Cc1ccccc1. The highest BCUT2D eigenvalue weighted by Crippen LogP contribution is 2.17. The molecule has 2 amide bonds. The zero-order chi connectivity index (χ0) is 24.3. The third-order valence-corrected chi connectivity index (χ3v) is 5.88. The van der Waals surface area contributed by atoms with E-state index in [-0.39, 0.29) is 18.2 Å². The van der Waals surface area contributed by atoms with E-state index < -0.39 is 6.04 Å². The number of nitrogens with one attached hydrogen (secondary N) is 1. The second-order valence-electron chi connectivity index (χ2n) is 8.45. The maximum atomic E-state index is 13.7. The third-order valence-electron chi connectivity index (χ3n) is 5.88. The molecule has 0 unspecified atom stereocenters. The molecule has 0 fully saturated rings. The monoisotopic (exact) mass is 463 g/mol. The molecule has 0 saturated carbocycles. The summed E-state index contributed by atoms with van der Waals surface area (Å²) in [4.78, 5) is 33.0. The molecule has 0 bridgehead atoms. The second-order valence-corrected chi connectivity index (χ2v) is 8.45. The van der Waals surface area contributed by atoms with Gasteiger partial charge in [-0.3, -0.25) is 14.6 Å². The normalized spacial score (nSPS) is 11.4. The number of nitrogens with zero attached hydrogens (tertiary/aromatic N) is 2. The van der Waals surface area contributed by atoms with Crippen molar-refractivity contribution in [2.45, 2.75) is 32.0 Å². The quantitative estimate of drug-likeness (QED) is 0.374. The van der Waals surface area contributed by atoms with Crippen LogP contribution < -0.4 is 5.32 Å². The van der Waals surface area contributed by atoms with Crippen LogP contribution >= 0.6 is 0 Å². The average Bonchev–Trinajstić information content (AvgIpc) is 2.91. The van der Waals surface area contributed by atoms with Gasteiger partial charge in [0.2, 0.25) is 11.8 Å². The smallest absolute Gasteiger partial charge is 0.243 e. The first-order chi connectivity index (χ1) is 17.2. The molecule has 1 N–H and O–H groups in total.